The normalized spacial score (nSPS) is 9.38. The molecule has 3 nitrogen and oxygen atoms in total. The summed E-state index contributed by atoms with van der Waals surface area (Å²) in [5.74, 6) is 6.90. The summed E-state index contributed by atoms with van der Waals surface area (Å²) in [6.45, 7) is 3.54. The second-order valence-corrected chi connectivity index (χ2v) is 2.81. The Morgan fingerprint density at radius 2 is 2.46 bits per heavy atom. The lowest BCUT2D eigenvalue weighted by Gasteiger charge is -2.01. The lowest BCUT2D eigenvalue weighted by atomic mass is 10.4. The largest absolute Gasteiger partial charge is 0.338 e. The molecule has 0 aromatic carbocycles. The van der Waals surface area contributed by atoms with Crippen molar-refractivity contribution in [2.75, 3.05) is 13.1 Å². The minimum Gasteiger partial charge on any atom is -0.338 e. The molecule has 0 amide bonds. The zero-order valence-electron chi connectivity index (χ0n) is 8.17. The van der Waals surface area contributed by atoms with Crippen LogP contribution in [0.3, 0.4) is 0 Å². The Bertz CT molecular complexity index is 303. The zero-order valence-corrected chi connectivity index (χ0v) is 8.17. The van der Waals surface area contributed by atoms with Crippen LogP contribution in [0.5, 0.6) is 0 Å². The Morgan fingerprint density at radius 3 is 3.08 bits per heavy atom. The van der Waals surface area contributed by atoms with E-state index in [9.17, 15) is 0 Å². The van der Waals surface area contributed by atoms with Gasteiger partial charge in [-0.1, -0.05) is 5.92 Å². The molecule has 0 aliphatic rings. The molecule has 13 heavy (non-hydrogen) atoms. The first kappa shape index (κ1) is 9.82. The average molecular weight is 177 g/mol. The number of rotatable bonds is 4. The molecule has 1 aromatic rings. The number of nitrogens with one attached hydrogen (secondary N) is 1. The summed E-state index contributed by atoms with van der Waals surface area (Å²) in [5.41, 5.74) is 0. The van der Waals surface area contributed by atoms with Gasteiger partial charge >= 0.3 is 0 Å². The first-order valence-corrected chi connectivity index (χ1v) is 4.41. The third-order valence-electron chi connectivity index (χ3n) is 1.84. The van der Waals surface area contributed by atoms with Gasteiger partial charge in [0.1, 0.15) is 5.82 Å². The molecule has 0 bridgehead atoms. The lowest BCUT2D eigenvalue weighted by molar-refractivity contribution is 0.697. The van der Waals surface area contributed by atoms with Gasteiger partial charge in [0.15, 0.2) is 0 Å². The van der Waals surface area contributed by atoms with E-state index in [1.165, 1.54) is 0 Å². The van der Waals surface area contributed by atoms with Gasteiger partial charge in [0, 0.05) is 32.4 Å². The summed E-state index contributed by atoms with van der Waals surface area (Å²) < 4.78 is 2.03. The van der Waals surface area contributed by atoms with Crippen LogP contribution < -0.4 is 5.32 Å². The van der Waals surface area contributed by atoms with Crippen molar-refractivity contribution in [2.45, 2.75) is 13.3 Å². The molecule has 0 atom stereocenters. The van der Waals surface area contributed by atoms with Gasteiger partial charge in [0.05, 0.1) is 6.54 Å². The number of aromatic nitrogens is 2. The molecule has 0 saturated heterocycles. The molecular formula is C10H15N3. The van der Waals surface area contributed by atoms with Gasteiger partial charge in [-0.2, -0.15) is 0 Å². The van der Waals surface area contributed by atoms with Gasteiger partial charge in [-0.15, -0.1) is 5.92 Å². The van der Waals surface area contributed by atoms with Crippen LogP contribution in [0.4, 0.5) is 0 Å². The molecule has 70 valence electrons. The van der Waals surface area contributed by atoms with Crippen LogP contribution in [0.25, 0.3) is 0 Å². The Labute approximate surface area is 79.2 Å². The molecule has 0 saturated carbocycles. The van der Waals surface area contributed by atoms with E-state index in [-0.39, 0.29) is 0 Å². The number of hydrogen-bond donors (Lipinski definition) is 1. The van der Waals surface area contributed by atoms with Gasteiger partial charge in [-0.05, 0) is 6.92 Å². The molecule has 0 radical (unpaired) electrons. The minimum atomic E-state index is 0.765. The summed E-state index contributed by atoms with van der Waals surface area (Å²) in [6, 6.07) is 0. The highest BCUT2D eigenvalue weighted by atomic mass is 15.0. The highest BCUT2D eigenvalue weighted by molar-refractivity contribution is 4.97. The highest BCUT2D eigenvalue weighted by Crippen LogP contribution is 1.93. The van der Waals surface area contributed by atoms with Crippen molar-refractivity contribution >= 4 is 0 Å². The fourth-order valence-corrected chi connectivity index (χ4v) is 1.08. The maximum atomic E-state index is 4.22. The first-order valence-electron chi connectivity index (χ1n) is 4.41. The predicted molar refractivity (Wildman–Crippen MR) is 53.2 cm³/mol. The van der Waals surface area contributed by atoms with Crippen molar-refractivity contribution in [1.29, 1.82) is 0 Å². The van der Waals surface area contributed by atoms with Gasteiger partial charge in [0.25, 0.3) is 0 Å². The van der Waals surface area contributed by atoms with Crippen molar-refractivity contribution in [3.63, 3.8) is 0 Å². The zero-order chi connectivity index (χ0) is 9.52. The number of imidazole rings is 1. The third kappa shape index (κ3) is 3.30. The van der Waals surface area contributed by atoms with E-state index in [2.05, 4.69) is 22.1 Å². The summed E-state index contributed by atoms with van der Waals surface area (Å²) in [7, 11) is 2.01. The van der Waals surface area contributed by atoms with Crippen molar-refractivity contribution < 1.29 is 0 Å². The Hall–Kier alpha value is -1.27. The molecule has 1 rings (SSSR count). The van der Waals surface area contributed by atoms with Crippen LogP contribution in [0.15, 0.2) is 12.4 Å². The number of aryl methyl sites for hydroxylation is 1. The van der Waals surface area contributed by atoms with Gasteiger partial charge in [0.2, 0.25) is 0 Å². The van der Waals surface area contributed by atoms with Crippen LogP contribution in [0, 0.1) is 11.8 Å². The molecule has 3 heteroatoms. The molecule has 0 spiro atoms. The summed E-state index contributed by atoms with van der Waals surface area (Å²) in [4.78, 5) is 4.22. The van der Waals surface area contributed by atoms with E-state index in [0.717, 1.165) is 25.3 Å². The third-order valence-corrected chi connectivity index (χ3v) is 1.84. The smallest absolute Gasteiger partial charge is 0.109 e. The average Bonchev–Trinajstić information content (AvgIpc) is 2.52. The van der Waals surface area contributed by atoms with Crippen molar-refractivity contribution in [2.24, 2.45) is 7.05 Å². The molecule has 1 aromatic heterocycles. The number of nitrogens with zero attached hydrogens (tertiary/aromatic N) is 2. The Balaban J connectivity index is 2.19. The Kier molecular flexibility index (Phi) is 4.07. The second-order valence-electron chi connectivity index (χ2n) is 2.81. The van der Waals surface area contributed by atoms with E-state index in [1.54, 1.807) is 0 Å². The summed E-state index contributed by atoms with van der Waals surface area (Å²) in [6.07, 6.45) is 4.73. The molecular weight excluding hydrogens is 162 g/mol. The molecule has 0 aliphatic heterocycles. The van der Waals surface area contributed by atoms with Crippen molar-refractivity contribution in [3.8, 4) is 11.8 Å². The van der Waals surface area contributed by atoms with E-state index in [1.807, 2.05) is 30.9 Å². The van der Waals surface area contributed by atoms with Crippen LogP contribution >= 0.6 is 0 Å². The van der Waals surface area contributed by atoms with Crippen molar-refractivity contribution in [3.05, 3.63) is 18.2 Å². The topological polar surface area (TPSA) is 29.9 Å². The summed E-state index contributed by atoms with van der Waals surface area (Å²) >= 11 is 0. The van der Waals surface area contributed by atoms with Crippen LogP contribution in [-0.2, 0) is 13.5 Å². The van der Waals surface area contributed by atoms with Crippen LogP contribution in [0.2, 0.25) is 0 Å². The quantitative estimate of drug-likeness (QED) is 0.538. The molecule has 0 aliphatic carbocycles. The van der Waals surface area contributed by atoms with Crippen molar-refractivity contribution in [1.82, 2.24) is 14.9 Å². The summed E-state index contributed by atoms with van der Waals surface area (Å²) in [5, 5.41) is 3.22. The lowest BCUT2D eigenvalue weighted by Crippen LogP contribution is -2.18. The van der Waals surface area contributed by atoms with E-state index >= 15 is 0 Å². The fraction of sp³-hybridized carbons (Fsp3) is 0.500. The Morgan fingerprint density at radius 1 is 1.62 bits per heavy atom. The van der Waals surface area contributed by atoms with Gasteiger partial charge < -0.3 is 9.88 Å². The van der Waals surface area contributed by atoms with Crippen LogP contribution in [0.1, 0.15) is 12.7 Å². The standard InChI is InChI=1S/C10H15N3/c1-3-4-6-11-7-5-10-12-8-9-13(10)2/h8-9,11H,5-7H2,1-2H3. The maximum absolute atomic E-state index is 4.22. The fourth-order valence-electron chi connectivity index (χ4n) is 1.08. The molecule has 0 unspecified atom stereocenters. The van der Waals surface area contributed by atoms with Gasteiger partial charge in [-0.25, -0.2) is 4.98 Å². The highest BCUT2D eigenvalue weighted by Gasteiger charge is 1.96. The number of hydrogen-bond acceptors (Lipinski definition) is 2. The first-order chi connectivity index (χ1) is 6.34. The van der Waals surface area contributed by atoms with E-state index in [0.29, 0.717) is 0 Å². The molecule has 1 heterocycles. The second kappa shape index (κ2) is 5.39. The minimum absolute atomic E-state index is 0.765. The molecule has 1 N–H and O–H groups in total. The monoisotopic (exact) mass is 177 g/mol. The van der Waals surface area contributed by atoms with Crippen LogP contribution in [-0.4, -0.2) is 22.6 Å². The predicted octanol–water partition coefficient (Wildman–Crippen LogP) is 0.575. The van der Waals surface area contributed by atoms with E-state index in [4.69, 9.17) is 0 Å². The van der Waals surface area contributed by atoms with E-state index < -0.39 is 0 Å². The maximum Gasteiger partial charge on any atom is 0.109 e. The SMILES string of the molecule is CC#CCNCCc1nccn1C. The molecule has 0 fully saturated rings. The van der Waals surface area contributed by atoms with Gasteiger partial charge in [-0.3, -0.25) is 0 Å².